The molecule has 0 radical (unpaired) electrons. The molecule has 1 fully saturated rings. The summed E-state index contributed by atoms with van der Waals surface area (Å²) < 4.78 is 37.6. The predicted octanol–water partition coefficient (Wildman–Crippen LogP) is 0.982. The molecule has 0 unspecified atom stereocenters. The zero-order valence-corrected chi connectivity index (χ0v) is 12.3. The molecule has 0 spiro atoms. The average Bonchev–Trinajstić information content (AvgIpc) is 2.46. The van der Waals surface area contributed by atoms with Gasteiger partial charge in [-0.15, -0.1) is 0 Å². The molecule has 0 amide bonds. The lowest BCUT2D eigenvalue weighted by Gasteiger charge is -2.22. The molecule has 0 bridgehead atoms. The molecular weight excluding hydrogens is 280 g/mol. The van der Waals surface area contributed by atoms with Crippen LogP contribution in [0.25, 0.3) is 0 Å². The Hall–Kier alpha value is -1.31. The van der Waals surface area contributed by atoms with Crippen LogP contribution in [0.4, 0.5) is 5.69 Å². The van der Waals surface area contributed by atoms with Crippen molar-refractivity contribution in [3.63, 3.8) is 0 Å². The van der Waals surface area contributed by atoms with Crippen molar-refractivity contribution in [2.24, 2.45) is 5.92 Å². The molecule has 0 aromatic heterocycles. The predicted molar refractivity (Wildman–Crippen MR) is 76.1 cm³/mol. The number of nitrogen functional groups attached to an aromatic ring is 1. The Kier molecular flexibility index (Phi) is 4.85. The monoisotopic (exact) mass is 300 g/mol. The summed E-state index contributed by atoms with van der Waals surface area (Å²) in [5, 5.41) is 0. The van der Waals surface area contributed by atoms with Gasteiger partial charge in [-0.05, 0) is 30.9 Å². The molecular formula is C13H20N2O4S. The molecule has 1 aromatic carbocycles. The van der Waals surface area contributed by atoms with Gasteiger partial charge in [0.25, 0.3) is 0 Å². The molecule has 1 aliphatic rings. The third-order valence-electron chi connectivity index (χ3n) is 3.38. The number of sulfonamides is 1. The zero-order chi connectivity index (χ0) is 14.6. The molecule has 1 aliphatic heterocycles. The molecule has 112 valence electrons. The van der Waals surface area contributed by atoms with Crippen molar-refractivity contribution in [1.82, 2.24) is 4.72 Å². The van der Waals surface area contributed by atoms with Crippen molar-refractivity contribution in [3.8, 4) is 5.75 Å². The van der Waals surface area contributed by atoms with E-state index in [0.29, 0.717) is 31.4 Å². The Labute approximate surface area is 119 Å². The first kappa shape index (κ1) is 15.1. The van der Waals surface area contributed by atoms with Crippen LogP contribution in [0.2, 0.25) is 0 Å². The summed E-state index contributed by atoms with van der Waals surface area (Å²) in [6.07, 6.45) is 1.75. The van der Waals surface area contributed by atoms with E-state index in [1.165, 1.54) is 19.2 Å². The van der Waals surface area contributed by atoms with Gasteiger partial charge in [0.15, 0.2) is 0 Å². The van der Waals surface area contributed by atoms with Gasteiger partial charge in [-0.1, -0.05) is 0 Å². The van der Waals surface area contributed by atoms with E-state index in [0.717, 1.165) is 12.8 Å². The summed E-state index contributed by atoms with van der Waals surface area (Å²) >= 11 is 0. The maximum atomic E-state index is 12.3. The van der Waals surface area contributed by atoms with Gasteiger partial charge < -0.3 is 15.2 Å². The fourth-order valence-corrected chi connectivity index (χ4v) is 3.43. The molecule has 20 heavy (non-hydrogen) atoms. The first-order valence-corrected chi connectivity index (χ1v) is 8.02. The number of nitrogens with two attached hydrogens (primary N) is 1. The molecule has 1 saturated heterocycles. The van der Waals surface area contributed by atoms with Crippen LogP contribution in [0, 0.1) is 5.92 Å². The Morgan fingerprint density at radius 3 is 2.75 bits per heavy atom. The van der Waals surface area contributed by atoms with Crippen molar-refractivity contribution >= 4 is 15.7 Å². The van der Waals surface area contributed by atoms with Crippen LogP contribution >= 0.6 is 0 Å². The van der Waals surface area contributed by atoms with Crippen molar-refractivity contribution in [3.05, 3.63) is 18.2 Å². The molecule has 3 N–H and O–H groups in total. The highest BCUT2D eigenvalue weighted by Gasteiger charge is 2.22. The summed E-state index contributed by atoms with van der Waals surface area (Å²) in [5.41, 5.74) is 6.09. The van der Waals surface area contributed by atoms with Gasteiger partial charge >= 0.3 is 0 Å². The van der Waals surface area contributed by atoms with Gasteiger partial charge in [-0.25, -0.2) is 13.1 Å². The van der Waals surface area contributed by atoms with E-state index in [1.54, 1.807) is 6.07 Å². The zero-order valence-electron chi connectivity index (χ0n) is 11.5. The van der Waals surface area contributed by atoms with Crippen LogP contribution in [-0.4, -0.2) is 35.3 Å². The van der Waals surface area contributed by atoms with Crippen LogP contribution in [0.15, 0.2) is 23.1 Å². The van der Waals surface area contributed by atoms with E-state index in [2.05, 4.69) is 4.72 Å². The number of hydrogen-bond donors (Lipinski definition) is 2. The first-order valence-electron chi connectivity index (χ1n) is 6.54. The van der Waals surface area contributed by atoms with Crippen molar-refractivity contribution in [2.75, 3.05) is 32.6 Å². The normalized spacial score (nSPS) is 17.1. The molecule has 0 aliphatic carbocycles. The number of anilines is 1. The lowest BCUT2D eigenvalue weighted by molar-refractivity contribution is 0.0678. The second kappa shape index (κ2) is 6.43. The summed E-state index contributed by atoms with van der Waals surface area (Å²) in [5.74, 6) is 0.572. The Bertz CT molecular complexity index is 553. The van der Waals surface area contributed by atoms with Crippen molar-refractivity contribution in [2.45, 2.75) is 17.7 Å². The first-order chi connectivity index (χ1) is 9.53. The summed E-state index contributed by atoms with van der Waals surface area (Å²) in [6, 6.07) is 4.51. The highest BCUT2D eigenvalue weighted by atomic mass is 32.2. The minimum Gasteiger partial charge on any atom is -0.495 e. The number of rotatable bonds is 5. The molecule has 1 heterocycles. The Morgan fingerprint density at radius 1 is 1.40 bits per heavy atom. The number of methoxy groups -OCH3 is 1. The highest BCUT2D eigenvalue weighted by molar-refractivity contribution is 7.89. The smallest absolute Gasteiger partial charge is 0.244 e. The fourth-order valence-electron chi connectivity index (χ4n) is 2.16. The minimum atomic E-state index is -3.59. The fraction of sp³-hybridized carbons (Fsp3) is 0.538. The maximum Gasteiger partial charge on any atom is 0.244 e. The van der Waals surface area contributed by atoms with Gasteiger partial charge in [0.2, 0.25) is 10.0 Å². The summed E-state index contributed by atoms with van der Waals surface area (Å²) in [4.78, 5) is 0.112. The Balaban J connectivity index is 2.09. The quantitative estimate of drug-likeness (QED) is 0.791. The van der Waals surface area contributed by atoms with E-state index in [4.69, 9.17) is 15.2 Å². The van der Waals surface area contributed by atoms with E-state index in [-0.39, 0.29) is 10.6 Å². The number of hydrogen-bond acceptors (Lipinski definition) is 5. The average molecular weight is 300 g/mol. The molecule has 6 nitrogen and oxygen atoms in total. The van der Waals surface area contributed by atoms with Crippen LogP contribution in [-0.2, 0) is 14.8 Å². The lowest BCUT2D eigenvalue weighted by atomic mass is 10.0. The van der Waals surface area contributed by atoms with E-state index < -0.39 is 10.0 Å². The standard InChI is InChI=1S/C13H20N2O4S/c1-18-12-8-11(14)2-3-13(12)20(16,17)15-9-10-4-6-19-7-5-10/h2-3,8,10,15H,4-7,9,14H2,1H3. The molecule has 7 heteroatoms. The van der Waals surface area contributed by atoms with Gasteiger partial charge in [0.1, 0.15) is 10.6 Å². The molecule has 2 rings (SSSR count). The second-order valence-electron chi connectivity index (χ2n) is 4.82. The van der Waals surface area contributed by atoms with E-state index >= 15 is 0 Å². The van der Waals surface area contributed by atoms with Crippen molar-refractivity contribution < 1.29 is 17.9 Å². The summed E-state index contributed by atoms with van der Waals surface area (Å²) in [7, 11) is -2.17. The second-order valence-corrected chi connectivity index (χ2v) is 6.55. The molecule has 1 aromatic rings. The van der Waals surface area contributed by atoms with Gasteiger partial charge in [0.05, 0.1) is 7.11 Å². The Morgan fingerprint density at radius 2 is 2.10 bits per heavy atom. The summed E-state index contributed by atoms with van der Waals surface area (Å²) in [6.45, 7) is 1.80. The van der Waals surface area contributed by atoms with E-state index in [9.17, 15) is 8.42 Å². The van der Waals surface area contributed by atoms with Crippen molar-refractivity contribution in [1.29, 1.82) is 0 Å². The number of ether oxygens (including phenoxy) is 2. The van der Waals surface area contributed by atoms with Crippen LogP contribution in [0.3, 0.4) is 0 Å². The number of benzene rings is 1. The topological polar surface area (TPSA) is 90.7 Å². The minimum absolute atomic E-state index is 0.112. The third kappa shape index (κ3) is 3.62. The van der Waals surface area contributed by atoms with Gasteiger partial charge in [0, 0.05) is 31.5 Å². The van der Waals surface area contributed by atoms with Crippen LogP contribution < -0.4 is 15.2 Å². The van der Waals surface area contributed by atoms with E-state index in [1.807, 2.05) is 0 Å². The maximum absolute atomic E-state index is 12.3. The van der Waals surface area contributed by atoms with Crippen LogP contribution in [0.5, 0.6) is 5.75 Å². The van der Waals surface area contributed by atoms with Gasteiger partial charge in [-0.2, -0.15) is 0 Å². The highest BCUT2D eigenvalue weighted by Crippen LogP contribution is 2.26. The largest absolute Gasteiger partial charge is 0.495 e. The van der Waals surface area contributed by atoms with Gasteiger partial charge in [-0.3, -0.25) is 0 Å². The number of nitrogens with one attached hydrogen (secondary N) is 1. The van der Waals surface area contributed by atoms with Crippen LogP contribution in [0.1, 0.15) is 12.8 Å². The SMILES string of the molecule is COc1cc(N)ccc1S(=O)(=O)NCC1CCOCC1. The molecule has 0 atom stereocenters. The molecule has 0 saturated carbocycles. The third-order valence-corrected chi connectivity index (χ3v) is 4.84. The lowest BCUT2D eigenvalue weighted by Crippen LogP contribution is -2.32.